The van der Waals surface area contributed by atoms with E-state index >= 15 is 0 Å². The number of hydrogen-bond acceptors (Lipinski definition) is 1. The molecular weight excluding hydrogens is 383 g/mol. The minimum atomic E-state index is 0.576. The third-order valence-corrected chi connectivity index (χ3v) is 4.16. The van der Waals surface area contributed by atoms with E-state index in [-0.39, 0.29) is 0 Å². The lowest BCUT2D eigenvalue weighted by Crippen LogP contribution is -2.02. The molecule has 0 radical (unpaired) electrons. The monoisotopic (exact) mass is 396 g/mol. The molecule has 3 rings (SSSR count). The van der Waals surface area contributed by atoms with Crippen molar-refractivity contribution >= 4 is 45.2 Å². The SMILES string of the molecule is Cc1ccc(-n2c(CCCl)nc3cc(I)ccc32)cc1. The zero-order valence-corrected chi connectivity index (χ0v) is 14.0. The van der Waals surface area contributed by atoms with E-state index in [0.717, 1.165) is 29.0 Å². The van der Waals surface area contributed by atoms with E-state index in [4.69, 9.17) is 16.6 Å². The van der Waals surface area contributed by atoms with Gasteiger partial charge < -0.3 is 0 Å². The second-order valence-corrected chi connectivity index (χ2v) is 6.39. The Bertz CT molecular complexity index is 747. The van der Waals surface area contributed by atoms with E-state index in [1.54, 1.807) is 0 Å². The van der Waals surface area contributed by atoms with E-state index in [2.05, 4.69) is 76.5 Å². The van der Waals surface area contributed by atoms with E-state index < -0.39 is 0 Å². The number of aromatic nitrogens is 2. The summed E-state index contributed by atoms with van der Waals surface area (Å²) >= 11 is 8.24. The number of nitrogens with zero attached hydrogens (tertiary/aromatic N) is 2. The Labute approximate surface area is 136 Å². The minimum absolute atomic E-state index is 0.576. The Hall–Kier alpha value is -1.07. The van der Waals surface area contributed by atoms with Gasteiger partial charge in [0, 0.05) is 21.6 Å². The lowest BCUT2D eigenvalue weighted by atomic mass is 10.2. The fourth-order valence-electron chi connectivity index (χ4n) is 2.34. The smallest absolute Gasteiger partial charge is 0.115 e. The molecule has 4 heteroatoms. The van der Waals surface area contributed by atoms with Crippen molar-refractivity contribution in [3.05, 3.63) is 57.4 Å². The highest BCUT2D eigenvalue weighted by Gasteiger charge is 2.12. The van der Waals surface area contributed by atoms with Crippen molar-refractivity contribution in [2.24, 2.45) is 0 Å². The van der Waals surface area contributed by atoms with Crippen LogP contribution in [-0.2, 0) is 6.42 Å². The van der Waals surface area contributed by atoms with Gasteiger partial charge in [-0.15, -0.1) is 11.6 Å². The van der Waals surface area contributed by atoms with Crippen molar-refractivity contribution in [3.63, 3.8) is 0 Å². The van der Waals surface area contributed by atoms with E-state index in [1.165, 1.54) is 9.13 Å². The van der Waals surface area contributed by atoms with Gasteiger partial charge in [-0.05, 0) is 59.8 Å². The molecule has 0 N–H and O–H groups in total. The highest BCUT2D eigenvalue weighted by Crippen LogP contribution is 2.24. The van der Waals surface area contributed by atoms with Gasteiger partial charge in [-0.25, -0.2) is 4.98 Å². The van der Waals surface area contributed by atoms with E-state index in [1.807, 2.05) is 0 Å². The quantitative estimate of drug-likeness (QED) is 0.463. The van der Waals surface area contributed by atoms with Gasteiger partial charge in [-0.3, -0.25) is 4.57 Å². The third kappa shape index (κ3) is 2.56. The van der Waals surface area contributed by atoms with E-state index in [0.29, 0.717) is 5.88 Å². The van der Waals surface area contributed by atoms with Gasteiger partial charge in [0.05, 0.1) is 11.0 Å². The summed E-state index contributed by atoms with van der Waals surface area (Å²) < 4.78 is 3.40. The third-order valence-electron chi connectivity index (χ3n) is 3.30. The van der Waals surface area contributed by atoms with Crippen LogP contribution in [0.15, 0.2) is 42.5 Å². The Morgan fingerprint density at radius 3 is 2.60 bits per heavy atom. The average molecular weight is 397 g/mol. The molecule has 1 aromatic heterocycles. The molecule has 1 heterocycles. The van der Waals surface area contributed by atoms with Gasteiger partial charge >= 0.3 is 0 Å². The minimum Gasteiger partial charge on any atom is -0.296 e. The molecule has 0 atom stereocenters. The van der Waals surface area contributed by atoms with Crippen LogP contribution in [0.1, 0.15) is 11.4 Å². The largest absolute Gasteiger partial charge is 0.296 e. The molecule has 0 aliphatic heterocycles. The first-order valence-electron chi connectivity index (χ1n) is 6.49. The maximum Gasteiger partial charge on any atom is 0.115 e. The second kappa shape index (κ2) is 5.74. The highest BCUT2D eigenvalue weighted by molar-refractivity contribution is 14.1. The normalized spacial score (nSPS) is 11.2. The zero-order valence-electron chi connectivity index (χ0n) is 11.1. The Morgan fingerprint density at radius 1 is 1.15 bits per heavy atom. The number of benzene rings is 2. The first-order chi connectivity index (χ1) is 9.69. The number of fused-ring (bicyclic) bond motifs is 1. The topological polar surface area (TPSA) is 17.8 Å². The molecular formula is C16H14ClIN2. The molecule has 0 saturated carbocycles. The number of hydrogen-bond donors (Lipinski definition) is 0. The summed E-state index contributed by atoms with van der Waals surface area (Å²) in [5.41, 5.74) is 4.55. The highest BCUT2D eigenvalue weighted by atomic mass is 127. The van der Waals surface area contributed by atoms with Gasteiger partial charge in [-0.1, -0.05) is 17.7 Å². The molecule has 2 aromatic carbocycles. The Balaban J connectivity index is 2.25. The first-order valence-corrected chi connectivity index (χ1v) is 8.10. The number of aryl methyl sites for hydroxylation is 2. The van der Waals surface area contributed by atoms with Crippen molar-refractivity contribution in [3.8, 4) is 5.69 Å². The molecule has 0 amide bonds. The lowest BCUT2D eigenvalue weighted by Gasteiger charge is -2.09. The fraction of sp³-hybridized carbons (Fsp3) is 0.188. The second-order valence-electron chi connectivity index (χ2n) is 4.77. The molecule has 0 fully saturated rings. The predicted octanol–water partition coefficient (Wildman–Crippen LogP) is 4.72. The van der Waals surface area contributed by atoms with Crippen LogP contribution in [-0.4, -0.2) is 15.4 Å². The van der Waals surface area contributed by atoms with Gasteiger partial charge in [-0.2, -0.15) is 0 Å². The van der Waals surface area contributed by atoms with Gasteiger partial charge in [0.2, 0.25) is 0 Å². The van der Waals surface area contributed by atoms with E-state index in [9.17, 15) is 0 Å². The van der Waals surface area contributed by atoms with Crippen LogP contribution in [0, 0.1) is 10.5 Å². The molecule has 102 valence electrons. The summed E-state index contributed by atoms with van der Waals surface area (Å²) in [4.78, 5) is 4.74. The molecule has 3 aromatic rings. The maximum absolute atomic E-state index is 5.92. The fourth-order valence-corrected chi connectivity index (χ4v) is 2.98. The average Bonchev–Trinajstić information content (AvgIpc) is 2.77. The number of alkyl halides is 1. The summed E-state index contributed by atoms with van der Waals surface area (Å²) in [5, 5.41) is 0. The van der Waals surface area contributed by atoms with Crippen LogP contribution in [0.2, 0.25) is 0 Å². The Morgan fingerprint density at radius 2 is 1.90 bits per heavy atom. The molecule has 0 aliphatic rings. The van der Waals surface area contributed by atoms with Crippen molar-refractivity contribution in [2.75, 3.05) is 5.88 Å². The summed E-state index contributed by atoms with van der Waals surface area (Å²) in [7, 11) is 0. The summed E-state index contributed by atoms with van der Waals surface area (Å²) in [6.45, 7) is 2.10. The molecule has 2 nitrogen and oxygen atoms in total. The standard InChI is InChI=1S/C16H14ClIN2/c1-11-2-5-13(6-3-11)20-15-7-4-12(18)10-14(15)19-16(20)8-9-17/h2-7,10H,8-9H2,1H3. The maximum atomic E-state index is 5.92. The van der Waals surface area contributed by atoms with Crippen molar-refractivity contribution < 1.29 is 0 Å². The van der Waals surface area contributed by atoms with Gasteiger partial charge in [0.15, 0.2) is 0 Å². The van der Waals surface area contributed by atoms with Crippen molar-refractivity contribution in [1.82, 2.24) is 9.55 Å². The first kappa shape index (κ1) is 13.9. The van der Waals surface area contributed by atoms with Crippen LogP contribution < -0.4 is 0 Å². The van der Waals surface area contributed by atoms with Crippen LogP contribution >= 0.6 is 34.2 Å². The number of halogens is 2. The van der Waals surface area contributed by atoms with Crippen LogP contribution in [0.5, 0.6) is 0 Å². The number of imidazole rings is 1. The summed E-state index contributed by atoms with van der Waals surface area (Å²) in [6.07, 6.45) is 0.765. The molecule has 0 saturated heterocycles. The molecule has 0 unspecified atom stereocenters. The summed E-state index contributed by atoms with van der Waals surface area (Å²) in [6, 6.07) is 14.9. The van der Waals surface area contributed by atoms with Gasteiger partial charge in [0.25, 0.3) is 0 Å². The predicted molar refractivity (Wildman–Crippen MR) is 92.9 cm³/mol. The molecule has 0 bridgehead atoms. The van der Waals surface area contributed by atoms with Crippen molar-refractivity contribution in [2.45, 2.75) is 13.3 Å². The Kier molecular flexibility index (Phi) is 3.98. The zero-order chi connectivity index (χ0) is 14.1. The van der Waals surface area contributed by atoms with Crippen molar-refractivity contribution in [1.29, 1.82) is 0 Å². The van der Waals surface area contributed by atoms with Crippen LogP contribution in [0.25, 0.3) is 16.7 Å². The lowest BCUT2D eigenvalue weighted by molar-refractivity contribution is 0.912. The number of rotatable bonds is 3. The molecule has 20 heavy (non-hydrogen) atoms. The van der Waals surface area contributed by atoms with Gasteiger partial charge in [0.1, 0.15) is 5.82 Å². The molecule has 0 spiro atoms. The van der Waals surface area contributed by atoms with Crippen LogP contribution in [0.3, 0.4) is 0 Å². The summed E-state index contributed by atoms with van der Waals surface area (Å²) in [5.74, 6) is 1.59. The van der Waals surface area contributed by atoms with Crippen LogP contribution in [0.4, 0.5) is 0 Å². The molecule has 0 aliphatic carbocycles.